The van der Waals surface area contributed by atoms with Crippen LogP contribution in [-0.2, 0) is 14.2 Å². The minimum absolute atomic E-state index is 0.574. The highest BCUT2D eigenvalue weighted by molar-refractivity contribution is 4.58. The molecule has 0 saturated heterocycles. The molecule has 0 aromatic carbocycles. The van der Waals surface area contributed by atoms with Crippen molar-refractivity contribution in [3.8, 4) is 0 Å². The van der Waals surface area contributed by atoms with Crippen LogP contribution in [0.15, 0.2) is 0 Å². The maximum Gasteiger partial charge on any atom is 0.0495 e. The van der Waals surface area contributed by atoms with Gasteiger partial charge in [-0.05, 0) is 38.0 Å². The average molecular weight is 260 g/mol. The van der Waals surface area contributed by atoms with E-state index in [-0.39, 0.29) is 0 Å². The number of rotatable bonds is 14. The summed E-state index contributed by atoms with van der Waals surface area (Å²) in [7, 11) is 0. The maximum atomic E-state index is 5.65. The highest BCUT2D eigenvalue weighted by atomic mass is 16.5. The van der Waals surface area contributed by atoms with Crippen molar-refractivity contribution in [2.45, 2.75) is 52.9 Å². The molecule has 0 radical (unpaired) electrons. The van der Waals surface area contributed by atoms with Gasteiger partial charge in [0, 0.05) is 39.6 Å². The molecule has 0 unspecified atom stereocenters. The first-order valence-corrected chi connectivity index (χ1v) is 7.58. The summed E-state index contributed by atoms with van der Waals surface area (Å²) in [5.74, 6) is 0.574. The Morgan fingerprint density at radius 3 is 1.50 bits per heavy atom. The van der Waals surface area contributed by atoms with Crippen LogP contribution < -0.4 is 0 Å². The number of hydrogen-bond acceptors (Lipinski definition) is 3. The largest absolute Gasteiger partial charge is 0.381 e. The summed E-state index contributed by atoms with van der Waals surface area (Å²) in [6.45, 7) is 11.6. The third-order valence-electron chi connectivity index (χ3n) is 2.74. The van der Waals surface area contributed by atoms with Crippen molar-refractivity contribution in [1.29, 1.82) is 0 Å². The minimum atomic E-state index is 0.574. The molecule has 0 heterocycles. The molecule has 0 aliphatic carbocycles. The summed E-state index contributed by atoms with van der Waals surface area (Å²) in [6, 6.07) is 0. The average Bonchev–Trinajstić information content (AvgIpc) is 2.39. The highest BCUT2D eigenvalue weighted by Gasteiger charge is 2.09. The summed E-state index contributed by atoms with van der Waals surface area (Å²) >= 11 is 0. The lowest BCUT2D eigenvalue weighted by atomic mass is 10.0. The van der Waals surface area contributed by atoms with E-state index in [0.29, 0.717) is 5.92 Å². The maximum absolute atomic E-state index is 5.65. The Labute approximate surface area is 113 Å². The molecule has 0 aliphatic heterocycles. The molecule has 0 N–H and O–H groups in total. The van der Waals surface area contributed by atoms with Gasteiger partial charge in [-0.3, -0.25) is 0 Å². The smallest absolute Gasteiger partial charge is 0.0495 e. The van der Waals surface area contributed by atoms with Crippen molar-refractivity contribution in [3.05, 3.63) is 0 Å². The first kappa shape index (κ1) is 17.9. The van der Waals surface area contributed by atoms with Crippen molar-refractivity contribution in [3.63, 3.8) is 0 Å². The number of ether oxygens (including phenoxy) is 3. The van der Waals surface area contributed by atoms with E-state index >= 15 is 0 Å². The van der Waals surface area contributed by atoms with Gasteiger partial charge in [-0.15, -0.1) is 0 Å². The molecule has 0 bridgehead atoms. The summed E-state index contributed by atoms with van der Waals surface area (Å²) in [5, 5.41) is 0. The zero-order valence-electron chi connectivity index (χ0n) is 12.6. The molecule has 0 rings (SSSR count). The fourth-order valence-electron chi connectivity index (χ4n) is 1.70. The van der Waals surface area contributed by atoms with E-state index < -0.39 is 0 Å². The zero-order valence-corrected chi connectivity index (χ0v) is 12.6. The molecular weight excluding hydrogens is 228 g/mol. The molecule has 0 aromatic rings. The molecule has 0 atom stereocenters. The van der Waals surface area contributed by atoms with Gasteiger partial charge in [0.2, 0.25) is 0 Å². The van der Waals surface area contributed by atoms with Gasteiger partial charge in [-0.1, -0.05) is 20.8 Å². The summed E-state index contributed by atoms with van der Waals surface area (Å²) in [5.41, 5.74) is 0. The zero-order chi connectivity index (χ0) is 13.5. The van der Waals surface area contributed by atoms with E-state index in [2.05, 4.69) is 20.8 Å². The van der Waals surface area contributed by atoms with Gasteiger partial charge in [-0.25, -0.2) is 0 Å². The Balaban J connectivity index is 3.62. The van der Waals surface area contributed by atoms with Crippen LogP contribution in [0, 0.1) is 5.92 Å². The van der Waals surface area contributed by atoms with E-state index in [0.717, 1.165) is 71.7 Å². The minimum Gasteiger partial charge on any atom is -0.381 e. The van der Waals surface area contributed by atoms with Gasteiger partial charge >= 0.3 is 0 Å². The Hall–Kier alpha value is -0.120. The van der Waals surface area contributed by atoms with Crippen LogP contribution in [-0.4, -0.2) is 39.6 Å². The Kier molecular flexibility index (Phi) is 14.8. The van der Waals surface area contributed by atoms with E-state index in [1.807, 2.05) is 0 Å². The van der Waals surface area contributed by atoms with Crippen molar-refractivity contribution >= 4 is 0 Å². The quantitative estimate of drug-likeness (QED) is 0.446. The third kappa shape index (κ3) is 12.3. The molecule has 3 nitrogen and oxygen atoms in total. The molecular formula is C15H32O3. The van der Waals surface area contributed by atoms with Crippen molar-refractivity contribution in [2.75, 3.05) is 39.6 Å². The van der Waals surface area contributed by atoms with Crippen molar-refractivity contribution in [2.24, 2.45) is 5.92 Å². The van der Waals surface area contributed by atoms with Gasteiger partial charge < -0.3 is 14.2 Å². The Morgan fingerprint density at radius 1 is 0.611 bits per heavy atom. The topological polar surface area (TPSA) is 27.7 Å². The van der Waals surface area contributed by atoms with E-state index in [9.17, 15) is 0 Å². The van der Waals surface area contributed by atoms with Gasteiger partial charge in [0.25, 0.3) is 0 Å². The van der Waals surface area contributed by atoms with Crippen LogP contribution >= 0.6 is 0 Å². The van der Waals surface area contributed by atoms with E-state index in [1.54, 1.807) is 0 Å². The van der Waals surface area contributed by atoms with Crippen LogP contribution in [0.5, 0.6) is 0 Å². The Bertz CT molecular complexity index is 139. The molecule has 0 fully saturated rings. The highest BCUT2D eigenvalue weighted by Crippen LogP contribution is 2.10. The lowest BCUT2D eigenvalue weighted by Gasteiger charge is -2.17. The SMILES string of the molecule is CCCOCCC(CCOCCC)COCCC. The standard InChI is InChI=1S/C15H32O3/c1-4-9-16-12-7-15(14-18-11-6-3)8-13-17-10-5-2/h15H,4-14H2,1-3H3. The van der Waals surface area contributed by atoms with Gasteiger partial charge in [0.15, 0.2) is 0 Å². The van der Waals surface area contributed by atoms with Crippen molar-refractivity contribution < 1.29 is 14.2 Å². The van der Waals surface area contributed by atoms with E-state index in [1.165, 1.54) is 0 Å². The second kappa shape index (κ2) is 14.9. The monoisotopic (exact) mass is 260 g/mol. The molecule has 110 valence electrons. The third-order valence-corrected chi connectivity index (χ3v) is 2.74. The van der Waals surface area contributed by atoms with Gasteiger partial charge in [0.05, 0.1) is 0 Å². The van der Waals surface area contributed by atoms with Crippen LogP contribution in [0.1, 0.15) is 52.9 Å². The second-order valence-electron chi connectivity index (χ2n) is 4.74. The predicted octanol–water partition coefficient (Wildman–Crippen LogP) is 3.66. The summed E-state index contributed by atoms with van der Waals surface area (Å²) < 4.78 is 16.7. The molecule has 0 aliphatic rings. The van der Waals surface area contributed by atoms with Gasteiger partial charge in [0.1, 0.15) is 0 Å². The normalized spacial score (nSPS) is 11.3. The molecule has 0 aromatic heterocycles. The molecule has 0 saturated carbocycles. The fraction of sp³-hybridized carbons (Fsp3) is 1.00. The molecule has 18 heavy (non-hydrogen) atoms. The van der Waals surface area contributed by atoms with Gasteiger partial charge in [-0.2, -0.15) is 0 Å². The van der Waals surface area contributed by atoms with Crippen LogP contribution in [0.25, 0.3) is 0 Å². The molecule has 3 heteroatoms. The lowest BCUT2D eigenvalue weighted by Crippen LogP contribution is -2.16. The van der Waals surface area contributed by atoms with E-state index in [4.69, 9.17) is 14.2 Å². The molecule has 0 amide bonds. The Morgan fingerprint density at radius 2 is 1.06 bits per heavy atom. The van der Waals surface area contributed by atoms with Crippen molar-refractivity contribution in [1.82, 2.24) is 0 Å². The van der Waals surface area contributed by atoms with Crippen LogP contribution in [0.3, 0.4) is 0 Å². The summed E-state index contributed by atoms with van der Waals surface area (Å²) in [4.78, 5) is 0. The first-order valence-electron chi connectivity index (χ1n) is 7.58. The predicted molar refractivity (Wildman–Crippen MR) is 76.1 cm³/mol. The fourth-order valence-corrected chi connectivity index (χ4v) is 1.70. The second-order valence-corrected chi connectivity index (χ2v) is 4.74. The lowest BCUT2D eigenvalue weighted by molar-refractivity contribution is 0.0494. The summed E-state index contributed by atoms with van der Waals surface area (Å²) in [6.07, 6.45) is 5.44. The molecule has 0 spiro atoms. The first-order chi connectivity index (χ1) is 8.85. The van der Waals surface area contributed by atoms with Crippen LogP contribution in [0.2, 0.25) is 0 Å². The van der Waals surface area contributed by atoms with Crippen LogP contribution in [0.4, 0.5) is 0 Å². The number of hydrogen-bond donors (Lipinski definition) is 0.